The van der Waals surface area contributed by atoms with E-state index in [0.29, 0.717) is 0 Å². The predicted molar refractivity (Wildman–Crippen MR) is 63.6 cm³/mol. The third-order valence-corrected chi connectivity index (χ3v) is 3.44. The van der Waals surface area contributed by atoms with Gasteiger partial charge in [0.1, 0.15) is 0 Å². The average Bonchev–Trinajstić information content (AvgIpc) is 2.94. The van der Waals surface area contributed by atoms with Gasteiger partial charge in [0.2, 0.25) is 0 Å². The molecule has 1 rings (SSSR count). The van der Waals surface area contributed by atoms with Gasteiger partial charge in [-0.05, 0) is 19.8 Å². The lowest BCUT2D eigenvalue weighted by molar-refractivity contribution is 0.356. The van der Waals surface area contributed by atoms with E-state index in [1.54, 1.807) is 0 Å². The van der Waals surface area contributed by atoms with Crippen LogP contribution in [0, 0.1) is 0 Å². The maximum absolute atomic E-state index is 2.69. The summed E-state index contributed by atoms with van der Waals surface area (Å²) in [7, 11) is 0. The van der Waals surface area contributed by atoms with Crippen molar-refractivity contribution < 1.29 is 0 Å². The van der Waals surface area contributed by atoms with Crippen LogP contribution in [0.2, 0.25) is 0 Å². The number of nitrogens with zero attached hydrogens (tertiary/aromatic N) is 1. The van der Waals surface area contributed by atoms with E-state index in [-0.39, 0.29) is 0 Å². The minimum atomic E-state index is 0.849. The van der Waals surface area contributed by atoms with Crippen molar-refractivity contribution in [2.24, 2.45) is 0 Å². The van der Waals surface area contributed by atoms with Crippen LogP contribution in [0.25, 0.3) is 0 Å². The normalized spacial score (nSPS) is 27.6. The summed E-state index contributed by atoms with van der Waals surface area (Å²) in [6, 6.07) is 1.80. The van der Waals surface area contributed by atoms with Crippen LogP contribution in [0.3, 0.4) is 0 Å². The van der Waals surface area contributed by atoms with Crippen molar-refractivity contribution in [2.75, 3.05) is 6.54 Å². The van der Waals surface area contributed by atoms with Gasteiger partial charge in [0.05, 0.1) is 0 Å². The molecule has 1 heterocycles. The molecular formula is C13H27N. The Morgan fingerprint density at radius 3 is 2.50 bits per heavy atom. The van der Waals surface area contributed by atoms with Crippen LogP contribution in [0.1, 0.15) is 65.7 Å². The quantitative estimate of drug-likeness (QED) is 0.422. The van der Waals surface area contributed by atoms with E-state index in [1.807, 2.05) is 0 Å². The number of hydrogen-bond donors (Lipinski definition) is 0. The molecule has 1 heteroatoms. The molecule has 1 nitrogen and oxygen atoms in total. The molecule has 0 N–H and O–H groups in total. The fourth-order valence-corrected chi connectivity index (χ4v) is 2.29. The highest BCUT2D eigenvalue weighted by Crippen LogP contribution is 2.28. The third-order valence-electron chi connectivity index (χ3n) is 3.44. The third kappa shape index (κ3) is 4.00. The Morgan fingerprint density at radius 2 is 1.86 bits per heavy atom. The predicted octanol–water partition coefficient (Wildman–Crippen LogP) is 3.83. The Morgan fingerprint density at radius 1 is 1.14 bits per heavy atom. The molecule has 0 aromatic carbocycles. The summed E-state index contributed by atoms with van der Waals surface area (Å²) in [5, 5.41) is 0. The first-order valence-electron chi connectivity index (χ1n) is 6.55. The van der Waals surface area contributed by atoms with Crippen molar-refractivity contribution in [3.8, 4) is 0 Å². The highest BCUT2D eigenvalue weighted by molar-refractivity contribution is 4.92. The van der Waals surface area contributed by atoms with Crippen molar-refractivity contribution in [1.82, 2.24) is 4.90 Å². The molecule has 1 aliphatic rings. The zero-order valence-corrected chi connectivity index (χ0v) is 10.3. The van der Waals surface area contributed by atoms with E-state index in [4.69, 9.17) is 0 Å². The molecule has 3 unspecified atom stereocenters. The van der Waals surface area contributed by atoms with Gasteiger partial charge < -0.3 is 0 Å². The molecule has 0 aromatic heterocycles. The van der Waals surface area contributed by atoms with E-state index in [9.17, 15) is 0 Å². The summed E-state index contributed by atoms with van der Waals surface area (Å²) in [6.07, 6.45) is 9.83. The van der Waals surface area contributed by atoms with Gasteiger partial charge in [-0.1, -0.05) is 46.0 Å². The highest BCUT2D eigenvalue weighted by atomic mass is 15.3. The van der Waals surface area contributed by atoms with Crippen LogP contribution in [0.5, 0.6) is 0 Å². The van der Waals surface area contributed by atoms with Gasteiger partial charge in [0.15, 0.2) is 0 Å². The Kier molecular flexibility index (Phi) is 5.54. The standard InChI is InChI=1S/C13H27N/c1-4-6-8-10-13-11-14(13)12(3)9-7-5-2/h12-13H,4-11H2,1-3H3. The Labute approximate surface area is 89.9 Å². The fraction of sp³-hybridized carbons (Fsp3) is 1.00. The fourth-order valence-electron chi connectivity index (χ4n) is 2.29. The van der Waals surface area contributed by atoms with Crippen molar-refractivity contribution in [1.29, 1.82) is 0 Å². The first-order valence-corrected chi connectivity index (χ1v) is 6.55. The summed E-state index contributed by atoms with van der Waals surface area (Å²) in [5.74, 6) is 0. The number of hydrogen-bond acceptors (Lipinski definition) is 1. The zero-order chi connectivity index (χ0) is 10.4. The van der Waals surface area contributed by atoms with Crippen LogP contribution in [0.4, 0.5) is 0 Å². The largest absolute Gasteiger partial charge is 0.295 e. The summed E-state index contributed by atoms with van der Waals surface area (Å²) in [5.41, 5.74) is 0. The molecule has 0 aromatic rings. The van der Waals surface area contributed by atoms with Gasteiger partial charge >= 0.3 is 0 Å². The molecule has 0 aliphatic carbocycles. The molecular weight excluding hydrogens is 170 g/mol. The second kappa shape index (κ2) is 6.44. The molecule has 0 spiro atoms. The summed E-state index contributed by atoms with van der Waals surface area (Å²) >= 11 is 0. The van der Waals surface area contributed by atoms with Crippen molar-refractivity contribution in [2.45, 2.75) is 77.8 Å². The van der Waals surface area contributed by atoms with Gasteiger partial charge in [-0.15, -0.1) is 0 Å². The molecule has 14 heavy (non-hydrogen) atoms. The lowest BCUT2D eigenvalue weighted by Gasteiger charge is -2.13. The van der Waals surface area contributed by atoms with E-state index in [0.717, 1.165) is 12.1 Å². The van der Waals surface area contributed by atoms with Gasteiger partial charge in [-0.25, -0.2) is 0 Å². The van der Waals surface area contributed by atoms with E-state index in [2.05, 4.69) is 25.7 Å². The lowest BCUT2D eigenvalue weighted by atomic mass is 10.1. The smallest absolute Gasteiger partial charge is 0.0226 e. The minimum absolute atomic E-state index is 0.849. The average molecular weight is 197 g/mol. The molecule has 0 radical (unpaired) electrons. The second-order valence-corrected chi connectivity index (χ2v) is 4.84. The summed E-state index contributed by atoms with van der Waals surface area (Å²) in [4.78, 5) is 2.69. The van der Waals surface area contributed by atoms with Gasteiger partial charge in [0, 0.05) is 18.6 Å². The SMILES string of the molecule is CCCCCC1CN1C(C)CCCC. The van der Waals surface area contributed by atoms with Crippen molar-refractivity contribution >= 4 is 0 Å². The van der Waals surface area contributed by atoms with Crippen LogP contribution in [-0.2, 0) is 0 Å². The maximum Gasteiger partial charge on any atom is 0.0226 e. The number of unbranched alkanes of at least 4 members (excludes halogenated alkanes) is 3. The number of rotatable bonds is 8. The molecule has 3 atom stereocenters. The minimum Gasteiger partial charge on any atom is -0.295 e. The van der Waals surface area contributed by atoms with E-state index in [1.165, 1.54) is 51.5 Å². The van der Waals surface area contributed by atoms with Gasteiger partial charge in [-0.3, -0.25) is 4.90 Å². The van der Waals surface area contributed by atoms with Gasteiger partial charge in [0.25, 0.3) is 0 Å². The Bertz CT molecular complexity index is 144. The summed E-state index contributed by atoms with van der Waals surface area (Å²) in [6.45, 7) is 8.35. The summed E-state index contributed by atoms with van der Waals surface area (Å²) < 4.78 is 0. The molecule has 0 bridgehead atoms. The van der Waals surface area contributed by atoms with Crippen LogP contribution in [-0.4, -0.2) is 23.5 Å². The first kappa shape index (κ1) is 12.0. The highest BCUT2D eigenvalue weighted by Gasteiger charge is 2.36. The Hall–Kier alpha value is -0.0400. The van der Waals surface area contributed by atoms with Crippen molar-refractivity contribution in [3.05, 3.63) is 0 Å². The molecule has 1 aliphatic heterocycles. The van der Waals surface area contributed by atoms with Crippen LogP contribution in [0.15, 0.2) is 0 Å². The molecule has 1 saturated heterocycles. The van der Waals surface area contributed by atoms with Crippen molar-refractivity contribution in [3.63, 3.8) is 0 Å². The van der Waals surface area contributed by atoms with E-state index >= 15 is 0 Å². The second-order valence-electron chi connectivity index (χ2n) is 4.84. The van der Waals surface area contributed by atoms with Gasteiger partial charge in [-0.2, -0.15) is 0 Å². The molecule has 84 valence electrons. The van der Waals surface area contributed by atoms with Crippen LogP contribution < -0.4 is 0 Å². The lowest BCUT2D eigenvalue weighted by Crippen LogP contribution is -2.16. The first-order chi connectivity index (χ1) is 6.79. The molecule has 0 amide bonds. The zero-order valence-electron chi connectivity index (χ0n) is 10.3. The topological polar surface area (TPSA) is 3.01 Å². The maximum atomic E-state index is 2.69. The molecule has 1 fully saturated rings. The van der Waals surface area contributed by atoms with Crippen LogP contribution >= 0.6 is 0 Å². The monoisotopic (exact) mass is 197 g/mol. The Balaban J connectivity index is 2.00. The molecule has 0 saturated carbocycles. The van der Waals surface area contributed by atoms with E-state index < -0.39 is 0 Å².